The predicted octanol–water partition coefficient (Wildman–Crippen LogP) is 25.3. The fourth-order valence-electron chi connectivity index (χ4n) is 10.8. The molecule has 0 amide bonds. The van der Waals surface area contributed by atoms with Gasteiger partial charge in [-0.1, -0.05) is 294 Å². The summed E-state index contributed by atoms with van der Waals surface area (Å²) in [5, 5.41) is 10.7. The summed E-state index contributed by atoms with van der Waals surface area (Å²) in [6.45, 7) is 4.44. The largest absolute Gasteiger partial charge is 0.472 e. The molecular weight excluding hydrogens is 1430 g/mol. The van der Waals surface area contributed by atoms with E-state index in [-0.39, 0.29) is 25.7 Å². The number of rotatable bonds is 78. The Kier molecular flexibility index (Phi) is 77.3. The Labute approximate surface area is 667 Å². The fraction of sp³-hybridized carbons (Fsp3) is 0.648. The summed E-state index contributed by atoms with van der Waals surface area (Å²) in [4.78, 5) is 73.3. The molecule has 0 aliphatic rings. The molecule has 3 N–H and O–H groups in total. The molecule has 0 saturated heterocycles. The first-order valence-electron chi connectivity index (χ1n) is 42.4. The molecule has 0 aliphatic carbocycles. The zero-order chi connectivity index (χ0) is 80.3. The normalized spacial score (nSPS) is 14.6. The van der Waals surface area contributed by atoms with Gasteiger partial charge in [0.05, 0.1) is 26.4 Å². The van der Waals surface area contributed by atoms with Crippen molar-refractivity contribution < 1.29 is 80.2 Å². The highest BCUT2D eigenvalue weighted by Gasteiger charge is 2.30. The van der Waals surface area contributed by atoms with Crippen LogP contribution in [0.4, 0.5) is 0 Å². The lowest BCUT2D eigenvalue weighted by molar-refractivity contribution is -0.161. The van der Waals surface area contributed by atoms with E-state index in [0.717, 1.165) is 218 Å². The van der Waals surface area contributed by atoms with E-state index >= 15 is 0 Å². The van der Waals surface area contributed by atoms with E-state index < -0.39 is 97.5 Å². The van der Waals surface area contributed by atoms with Gasteiger partial charge in [-0.25, -0.2) is 9.13 Å². The Hall–Kier alpha value is -5.58. The van der Waals surface area contributed by atoms with Crippen molar-refractivity contribution >= 4 is 39.5 Å². The highest BCUT2D eigenvalue weighted by molar-refractivity contribution is 7.47. The quantitative estimate of drug-likeness (QED) is 0.0169. The number of phosphoric ester groups is 2. The van der Waals surface area contributed by atoms with Crippen LogP contribution in [0.25, 0.3) is 0 Å². The third-order valence-electron chi connectivity index (χ3n) is 17.2. The van der Waals surface area contributed by atoms with E-state index in [1.165, 1.54) is 19.3 Å². The number of ether oxygens (including phenoxy) is 4. The third kappa shape index (κ3) is 80.5. The van der Waals surface area contributed by atoms with Gasteiger partial charge in [-0.15, -0.1) is 0 Å². The molecule has 0 radical (unpaired) electrons. The fourth-order valence-corrected chi connectivity index (χ4v) is 12.4. The molecule has 0 spiro atoms. The Morgan fingerprint density at radius 2 is 0.473 bits per heavy atom. The molecule has 0 aliphatic heterocycles. The van der Waals surface area contributed by atoms with Gasteiger partial charge in [0.25, 0.3) is 0 Å². The average molecular weight is 1580 g/mol. The summed E-state index contributed by atoms with van der Waals surface area (Å²) in [5.41, 5.74) is 0. The minimum absolute atomic E-state index is 0.0334. The summed E-state index contributed by atoms with van der Waals surface area (Å²) < 4.78 is 68.8. The van der Waals surface area contributed by atoms with Gasteiger partial charge < -0.3 is 33.8 Å². The second-order valence-corrected chi connectivity index (χ2v) is 30.5. The van der Waals surface area contributed by atoms with Gasteiger partial charge in [-0.2, -0.15) is 0 Å². The zero-order valence-corrected chi connectivity index (χ0v) is 70.4. The molecule has 0 bridgehead atoms. The molecule has 19 heteroatoms. The Balaban J connectivity index is 5.44. The van der Waals surface area contributed by atoms with Crippen LogP contribution in [0.15, 0.2) is 170 Å². The zero-order valence-electron chi connectivity index (χ0n) is 68.6. The maximum atomic E-state index is 13.1. The lowest BCUT2D eigenvalue weighted by Crippen LogP contribution is -2.30. The van der Waals surface area contributed by atoms with Crippen molar-refractivity contribution in [3.05, 3.63) is 170 Å². The molecule has 626 valence electrons. The summed E-state index contributed by atoms with van der Waals surface area (Å²) in [7, 11) is -10.0. The van der Waals surface area contributed by atoms with Gasteiger partial charge in [0.15, 0.2) is 12.2 Å². The van der Waals surface area contributed by atoms with Crippen molar-refractivity contribution in [2.24, 2.45) is 0 Å². The lowest BCUT2D eigenvalue weighted by Gasteiger charge is -2.21. The first-order chi connectivity index (χ1) is 53.7. The lowest BCUT2D eigenvalue weighted by atomic mass is 10.1. The number of hydrogen-bond donors (Lipinski definition) is 3. The van der Waals surface area contributed by atoms with Crippen LogP contribution in [-0.2, 0) is 65.4 Å². The number of phosphoric acid groups is 2. The Morgan fingerprint density at radius 1 is 0.264 bits per heavy atom. The number of carbonyl (C=O) groups excluding carboxylic acids is 4. The maximum absolute atomic E-state index is 13.1. The van der Waals surface area contributed by atoms with E-state index in [1.807, 2.05) is 0 Å². The van der Waals surface area contributed by atoms with Crippen LogP contribution in [0.1, 0.15) is 323 Å². The monoisotopic (exact) mass is 1580 g/mol. The Morgan fingerprint density at radius 3 is 0.745 bits per heavy atom. The number of esters is 4. The first-order valence-corrected chi connectivity index (χ1v) is 45.4. The molecule has 0 aromatic rings. The van der Waals surface area contributed by atoms with Crippen molar-refractivity contribution in [3.8, 4) is 0 Å². The standard InChI is InChI=1S/C91H150O17P2/c1-5-9-13-17-21-25-29-33-37-40-42-45-48-51-55-59-63-67-71-75-88(93)101-81-86(107-90(95)77-73-69-65-61-57-53-47-36-32-28-24-20-16-12-8-4)83-105-109(97,98)103-79-85(92)80-104-110(99,100)106-84-87(108-91(96)78-74-70-66-62-58-54-50-44-39-35-31-27-23-19-15-11-7-3)82-102-89(94)76-72-68-64-60-56-52-49-46-43-41-38-34-30-26-22-18-14-10-6-2/h9,11-13,15-16,21-28,33-39,42-43,45-47,57,61,85-87,92H,5-8,10,14,17-20,29-32,40-41,44,48-56,58-60,62-84H2,1-4H3,(H,97,98)(H,99,100)/b13-9-,15-11-,16-12-,25-21-,26-22-,27-23-,28-24-,37-33-,38-34-,39-35-,45-42-,46-43-,47-36-,61-57-. The molecule has 110 heavy (non-hydrogen) atoms. The van der Waals surface area contributed by atoms with Gasteiger partial charge in [-0.3, -0.25) is 37.3 Å². The summed E-state index contributed by atoms with van der Waals surface area (Å²) >= 11 is 0. The van der Waals surface area contributed by atoms with Crippen molar-refractivity contribution in [1.29, 1.82) is 0 Å². The van der Waals surface area contributed by atoms with Crippen LogP contribution in [-0.4, -0.2) is 96.7 Å². The van der Waals surface area contributed by atoms with Gasteiger partial charge in [0.2, 0.25) is 0 Å². The topological polar surface area (TPSA) is 237 Å². The minimum Gasteiger partial charge on any atom is -0.462 e. The summed E-state index contributed by atoms with van der Waals surface area (Å²) in [6, 6.07) is 0. The van der Waals surface area contributed by atoms with Gasteiger partial charge in [0, 0.05) is 25.7 Å². The van der Waals surface area contributed by atoms with Gasteiger partial charge >= 0.3 is 39.5 Å². The van der Waals surface area contributed by atoms with Crippen molar-refractivity contribution in [3.63, 3.8) is 0 Å². The minimum atomic E-state index is -5.00. The summed E-state index contributed by atoms with van der Waals surface area (Å²) in [5.74, 6) is -2.27. The molecular formula is C91H150O17P2. The molecule has 0 rings (SSSR count). The molecule has 0 aromatic heterocycles. The molecule has 0 saturated carbocycles. The molecule has 5 unspecified atom stereocenters. The van der Waals surface area contributed by atoms with E-state index in [1.54, 1.807) is 0 Å². The van der Waals surface area contributed by atoms with Crippen molar-refractivity contribution in [1.82, 2.24) is 0 Å². The SMILES string of the molecule is CC/C=C\C/C=C\C/C=C\C/C=C\CCCCCCCCC(=O)OCC(COP(=O)(O)OCC(O)COP(=O)(O)OCC(COC(=O)CCCCCCCC/C=C\C/C=C\C/C=C\CCCCC)OC(=O)CCCCCCCCC/C=C\C/C=C\C/C=C\CC)OC(=O)CCCC/C=C\C/C=C\C/C=C\C/C=C\CC. The molecule has 5 atom stereocenters. The van der Waals surface area contributed by atoms with Crippen LogP contribution >= 0.6 is 15.6 Å². The van der Waals surface area contributed by atoms with E-state index in [0.29, 0.717) is 32.1 Å². The second-order valence-electron chi connectivity index (χ2n) is 27.6. The smallest absolute Gasteiger partial charge is 0.462 e. The molecule has 17 nitrogen and oxygen atoms in total. The third-order valence-corrected chi connectivity index (χ3v) is 19.1. The van der Waals surface area contributed by atoms with E-state index in [4.69, 9.17) is 37.0 Å². The summed E-state index contributed by atoms with van der Waals surface area (Å²) in [6.07, 6.45) is 97.4. The number of carbonyl (C=O) groups is 4. The molecule has 0 fully saturated rings. The number of unbranched alkanes of at least 4 members (excludes halogenated alkanes) is 24. The number of aliphatic hydroxyl groups is 1. The van der Waals surface area contributed by atoms with Crippen molar-refractivity contribution in [2.75, 3.05) is 39.6 Å². The predicted molar refractivity (Wildman–Crippen MR) is 454 cm³/mol. The Bertz CT molecular complexity index is 2750. The first kappa shape index (κ1) is 104. The number of allylic oxidation sites excluding steroid dienone is 28. The second kappa shape index (κ2) is 81.4. The average Bonchev–Trinajstić information content (AvgIpc) is 0.899. The number of aliphatic hydroxyl groups excluding tert-OH is 1. The number of hydrogen-bond acceptors (Lipinski definition) is 15. The van der Waals surface area contributed by atoms with Crippen LogP contribution in [0, 0.1) is 0 Å². The van der Waals surface area contributed by atoms with Gasteiger partial charge in [-0.05, 0) is 173 Å². The maximum Gasteiger partial charge on any atom is 0.472 e. The van der Waals surface area contributed by atoms with Crippen LogP contribution in [0.3, 0.4) is 0 Å². The molecule has 0 aromatic carbocycles. The van der Waals surface area contributed by atoms with Crippen LogP contribution in [0.5, 0.6) is 0 Å². The van der Waals surface area contributed by atoms with Gasteiger partial charge in [0.1, 0.15) is 19.3 Å². The molecule has 0 heterocycles. The van der Waals surface area contributed by atoms with Crippen LogP contribution in [0.2, 0.25) is 0 Å². The van der Waals surface area contributed by atoms with Crippen molar-refractivity contribution in [2.45, 2.75) is 341 Å². The highest BCUT2D eigenvalue weighted by Crippen LogP contribution is 2.45. The van der Waals surface area contributed by atoms with Crippen LogP contribution < -0.4 is 0 Å². The van der Waals surface area contributed by atoms with E-state index in [9.17, 15) is 43.2 Å². The highest BCUT2D eigenvalue weighted by atomic mass is 31.2. The van der Waals surface area contributed by atoms with E-state index in [2.05, 4.69) is 198 Å².